The summed E-state index contributed by atoms with van der Waals surface area (Å²) in [6, 6.07) is 11.5. The number of hydrogen-bond donors (Lipinski definition) is 1. The average Bonchev–Trinajstić information content (AvgIpc) is 3.13. The highest BCUT2D eigenvalue weighted by Gasteiger charge is 2.25. The van der Waals surface area contributed by atoms with E-state index in [-0.39, 0.29) is 17.8 Å². The van der Waals surface area contributed by atoms with Crippen molar-refractivity contribution in [1.82, 2.24) is 14.8 Å². The molecule has 0 aliphatic rings. The molecule has 3 rings (SSSR count). The molecule has 1 amide bonds. The predicted octanol–water partition coefficient (Wildman–Crippen LogP) is 5.40. The van der Waals surface area contributed by atoms with Crippen molar-refractivity contribution in [3.8, 4) is 5.75 Å². The maximum Gasteiger partial charge on any atom is 0.237 e. The standard InChI is InChI=1S/C22H24F2N4O2S/c1-13(2)28-20(14(3)30-19-10-8-16(23)9-11-19)26-27-22(28)31-15(4)21(29)25-18-7-5-6-17(24)12-18/h5-15H,1-4H3,(H,25,29). The van der Waals surface area contributed by atoms with Gasteiger partial charge >= 0.3 is 0 Å². The fraction of sp³-hybridized carbons (Fsp3) is 0.318. The summed E-state index contributed by atoms with van der Waals surface area (Å²) in [5.74, 6) is 0.0851. The van der Waals surface area contributed by atoms with Gasteiger partial charge in [-0.2, -0.15) is 0 Å². The van der Waals surface area contributed by atoms with Crippen LogP contribution in [-0.2, 0) is 4.79 Å². The largest absolute Gasteiger partial charge is 0.483 e. The van der Waals surface area contributed by atoms with Gasteiger partial charge in [0.1, 0.15) is 17.4 Å². The summed E-state index contributed by atoms with van der Waals surface area (Å²) in [4.78, 5) is 12.6. The summed E-state index contributed by atoms with van der Waals surface area (Å²) >= 11 is 1.25. The van der Waals surface area contributed by atoms with Gasteiger partial charge in [-0.15, -0.1) is 10.2 Å². The van der Waals surface area contributed by atoms with Crippen LogP contribution in [0, 0.1) is 11.6 Å². The van der Waals surface area contributed by atoms with Crippen LogP contribution in [0.1, 0.15) is 45.7 Å². The molecule has 2 unspecified atom stereocenters. The highest BCUT2D eigenvalue weighted by atomic mass is 32.2. The van der Waals surface area contributed by atoms with Crippen molar-refractivity contribution in [2.75, 3.05) is 5.32 Å². The number of carbonyl (C=O) groups is 1. The summed E-state index contributed by atoms with van der Waals surface area (Å²) < 4.78 is 34.3. The Kier molecular flexibility index (Phi) is 7.27. The van der Waals surface area contributed by atoms with Gasteiger partial charge in [0.15, 0.2) is 17.1 Å². The molecule has 2 aromatic carbocycles. The minimum absolute atomic E-state index is 0.0187. The Balaban J connectivity index is 1.73. The summed E-state index contributed by atoms with van der Waals surface area (Å²) in [6.45, 7) is 7.55. The normalized spacial score (nSPS) is 13.1. The third-order valence-corrected chi connectivity index (χ3v) is 5.50. The van der Waals surface area contributed by atoms with Crippen LogP contribution in [0.25, 0.3) is 0 Å². The molecule has 1 aromatic heterocycles. The topological polar surface area (TPSA) is 69.0 Å². The number of halogens is 2. The minimum atomic E-state index is -0.494. The summed E-state index contributed by atoms with van der Waals surface area (Å²) in [6.07, 6.45) is -0.439. The third kappa shape index (κ3) is 5.81. The van der Waals surface area contributed by atoms with E-state index in [1.165, 1.54) is 42.1 Å². The van der Waals surface area contributed by atoms with Crippen LogP contribution >= 0.6 is 11.8 Å². The number of thioether (sulfide) groups is 1. The first-order valence-corrected chi connectivity index (χ1v) is 10.7. The molecular formula is C22H24F2N4O2S. The second-order valence-electron chi connectivity index (χ2n) is 7.28. The SMILES string of the molecule is CC(Sc1nnc(C(C)Oc2ccc(F)cc2)n1C(C)C)C(=O)Nc1cccc(F)c1. The molecule has 0 aliphatic heterocycles. The molecule has 2 atom stereocenters. The van der Waals surface area contributed by atoms with Crippen molar-refractivity contribution in [3.05, 3.63) is 66.0 Å². The zero-order chi connectivity index (χ0) is 22.5. The van der Waals surface area contributed by atoms with Crippen LogP contribution in [0.3, 0.4) is 0 Å². The zero-order valence-corrected chi connectivity index (χ0v) is 18.5. The van der Waals surface area contributed by atoms with E-state index in [0.717, 1.165) is 0 Å². The monoisotopic (exact) mass is 446 g/mol. The molecule has 0 aliphatic carbocycles. The van der Waals surface area contributed by atoms with Crippen LogP contribution in [-0.4, -0.2) is 25.9 Å². The Morgan fingerprint density at radius 3 is 2.39 bits per heavy atom. The summed E-state index contributed by atoms with van der Waals surface area (Å²) in [5.41, 5.74) is 0.393. The highest BCUT2D eigenvalue weighted by Crippen LogP contribution is 2.30. The lowest BCUT2D eigenvalue weighted by molar-refractivity contribution is -0.115. The number of anilines is 1. The van der Waals surface area contributed by atoms with Crippen molar-refractivity contribution in [2.45, 2.75) is 50.2 Å². The van der Waals surface area contributed by atoms with Gasteiger partial charge in [-0.25, -0.2) is 8.78 Å². The second kappa shape index (κ2) is 9.91. The van der Waals surface area contributed by atoms with Gasteiger partial charge < -0.3 is 14.6 Å². The van der Waals surface area contributed by atoms with Crippen molar-refractivity contribution < 1.29 is 18.3 Å². The molecule has 6 nitrogen and oxygen atoms in total. The Labute approximate surface area is 184 Å². The molecule has 1 N–H and O–H groups in total. The smallest absolute Gasteiger partial charge is 0.237 e. The number of benzene rings is 2. The quantitative estimate of drug-likeness (QED) is 0.470. The fourth-order valence-corrected chi connectivity index (χ4v) is 3.91. The lowest BCUT2D eigenvalue weighted by Crippen LogP contribution is -2.23. The van der Waals surface area contributed by atoms with E-state index in [9.17, 15) is 13.6 Å². The Hall–Kier alpha value is -2.94. The molecule has 1 heterocycles. The van der Waals surface area contributed by atoms with Crippen LogP contribution in [0.4, 0.5) is 14.5 Å². The molecule has 3 aromatic rings. The number of nitrogens with one attached hydrogen (secondary N) is 1. The summed E-state index contributed by atoms with van der Waals surface area (Å²) in [7, 11) is 0. The minimum Gasteiger partial charge on any atom is -0.483 e. The van der Waals surface area contributed by atoms with Crippen molar-refractivity contribution in [2.24, 2.45) is 0 Å². The van der Waals surface area contributed by atoms with Gasteiger partial charge in [0.2, 0.25) is 5.91 Å². The third-order valence-electron chi connectivity index (χ3n) is 4.44. The van der Waals surface area contributed by atoms with Crippen molar-refractivity contribution in [1.29, 1.82) is 0 Å². The number of amides is 1. The number of aromatic nitrogens is 3. The molecule has 0 spiro atoms. The molecule has 9 heteroatoms. The molecule has 164 valence electrons. The molecule has 31 heavy (non-hydrogen) atoms. The Bertz CT molecular complexity index is 1040. The number of carbonyl (C=O) groups excluding carboxylic acids is 1. The van der Waals surface area contributed by atoms with Gasteiger partial charge in [-0.1, -0.05) is 17.8 Å². The Morgan fingerprint density at radius 1 is 1.03 bits per heavy atom. The van der Waals surface area contributed by atoms with Crippen molar-refractivity contribution >= 4 is 23.4 Å². The van der Waals surface area contributed by atoms with E-state index < -0.39 is 17.2 Å². The molecule has 0 fully saturated rings. The van der Waals surface area contributed by atoms with E-state index in [2.05, 4.69) is 15.5 Å². The van der Waals surface area contributed by atoms with Gasteiger partial charge in [0.05, 0.1) is 5.25 Å². The first kappa shape index (κ1) is 22.7. The average molecular weight is 447 g/mol. The number of ether oxygens (including phenoxy) is 1. The van der Waals surface area contributed by atoms with Crippen LogP contribution in [0.5, 0.6) is 5.75 Å². The lowest BCUT2D eigenvalue weighted by atomic mass is 10.3. The summed E-state index contributed by atoms with van der Waals surface area (Å²) in [5, 5.41) is 11.3. The van der Waals surface area contributed by atoms with Crippen LogP contribution in [0.2, 0.25) is 0 Å². The molecule has 0 radical (unpaired) electrons. The zero-order valence-electron chi connectivity index (χ0n) is 17.7. The number of hydrogen-bond acceptors (Lipinski definition) is 5. The second-order valence-corrected chi connectivity index (χ2v) is 8.59. The van der Waals surface area contributed by atoms with E-state index in [1.807, 2.05) is 25.3 Å². The first-order valence-electron chi connectivity index (χ1n) is 9.84. The van der Waals surface area contributed by atoms with E-state index >= 15 is 0 Å². The van der Waals surface area contributed by atoms with Gasteiger partial charge in [0.25, 0.3) is 0 Å². The lowest BCUT2D eigenvalue weighted by Gasteiger charge is -2.19. The molecule has 0 saturated heterocycles. The highest BCUT2D eigenvalue weighted by molar-refractivity contribution is 8.00. The number of nitrogens with zero attached hydrogens (tertiary/aromatic N) is 3. The molecule has 0 bridgehead atoms. The predicted molar refractivity (Wildman–Crippen MR) is 116 cm³/mol. The fourth-order valence-electron chi connectivity index (χ4n) is 2.92. The van der Waals surface area contributed by atoms with Crippen molar-refractivity contribution in [3.63, 3.8) is 0 Å². The van der Waals surface area contributed by atoms with E-state index in [4.69, 9.17) is 4.74 Å². The number of rotatable bonds is 8. The van der Waals surface area contributed by atoms with E-state index in [1.54, 1.807) is 25.1 Å². The maximum atomic E-state index is 13.4. The van der Waals surface area contributed by atoms with Crippen LogP contribution in [0.15, 0.2) is 53.7 Å². The first-order chi connectivity index (χ1) is 14.7. The molecular weight excluding hydrogens is 422 g/mol. The van der Waals surface area contributed by atoms with E-state index in [0.29, 0.717) is 22.4 Å². The maximum absolute atomic E-state index is 13.4. The molecule has 0 saturated carbocycles. The Morgan fingerprint density at radius 2 is 1.74 bits per heavy atom. The van der Waals surface area contributed by atoms with Gasteiger partial charge in [0, 0.05) is 11.7 Å². The van der Waals surface area contributed by atoms with Crippen LogP contribution < -0.4 is 10.1 Å². The van der Waals surface area contributed by atoms with Gasteiger partial charge in [-0.05, 0) is 70.2 Å². The van der Waals surface area contributed by atoms with Gasteiger partial charge in [-0.3, -0.25) is 4.79 Å².